The summed E-state index contributed by atoms with van der Waals surface area (Å²) in [6.07, 6.45) is 5.91. The van der Waals surface area contributed by atoms with Gasteiger partial charge in [-0.25, -0.2) is 4.39 Å². The Morgan fingerprint density at radius 3 is 2.81 bits per heavy atom. The first kappa shape index (κ1) is 21.2. The first-order chi connectivity index (χ1) is 15.6. The Kier molecular flexibility index (Phi) is 5.76. The number of aromatic nitrogens is 1. The molecule has 1 fully saturated rings. The van der Waals surface area contributed by atoms with E-state index in [0.717, 1.165) is 44.3 Å². The van der Waals surface area contributed by atoms with Crippen molar-refractivity contribution in [2.24, 2.45) is 5.41 Å². The van der Waals surface area contributed by atoms with Crippen molar-refractivity contribution in [3.05, 3.63) is 71.2 Å². The van der Waals surface area contributed by atoms with Crippen LogP contribution in [0.1, 0.15) is 61.9 Å². The highest BCUT2D eigenvalue weighted by molar-refractivity contribution is 5.85. The summed E-state index contributed by atoms with van der Waals surface area (Å²) in [4.78, 5) is 19.1. The largest absolute Gasteiger partial charge is 0.357 e. The minimum absolute atomic E-state index is 0.0759. The zero-order valence-electron chi connectivity index (χ0n) is 18.8. The Morgan fingerprint density at radius 1 is 1.19 bits per heavy atom. The molecule has 0 bridgehead atoms. The third-order valence-electron chi connectivity index (χ3n) is 7.79. The molecule has 2 N–H and O–H groups in total. The number of carbonyl (C=O) groups excluding carboxylic acids is 1. The molecule has 1 saturated heterocycles. The molecule has 0 saturated carbocycles. The molecule has 32 heavy (non-hydrogen) atoms. The van der Waals surface area contributed by atoms with Crippen LogP contribution < -0.4 is 5.32 Å². The normalized spacial score (nSPS) is 23.0. The number of nitrogens with zero attached hydrogens (tertiary/aromatic N) is 1. The highest BCUT2D eigenvalue weighted by atomic mass is 19.1. The van der Waals surface area contributed by atoms with Gasteiger partial charge >= 0.3 is 0 Å². The van der Waals surface area contributed by atoms with Gasteiger partial charge in [0.05, 0.1) is 6.04 Å². The molecule has 1 amide bonds. The van der Waals surface area contributed by atoms with Crippen LogP contribution in [-0.2, 0) is 17.8 Å². The second-order valence-corrected chi connectivity index (χ2v) is 9.47. The van der Waals surface area contributed by atoms with E-state index in [1.165, 1.54) is 40.7 Å². The van der Waals surface area contributed by atoms with Gasteiger partial charge < -0.3 is 10.3 Å². The maximum absolute atomic E-state index is 13.1. The van der Waals surface area contributed by atoms with Crippen LogP contribution in [0.3, 0.4) is 0 Å². The molecule has 2 aromatic carbocycles. The maximum Gasteiger partial charge on any atom is 0.220 e. The zero-order valence-corrected chi connectivity index (χ0v) is 18.8. The van der Waals surface area contributed by atoms with Crippen molar-refractivity contribution in [2.75, 3.05) is 13.1 Å². The summed E-state index contributed by atoms with van der Waals surface area (Å²) >= 11 is 0. The van der Waals surface area contributed by atoms with Crippen LogP contribution in [0.5, 0.6) is 0 Å². The number of nitrogens with one attached hydrogen (secondary N) is 2. The Bertz CT molecular complexity index is 1110. The quantitative estimate of drug-likeness (QED) is 0.540. The standard InChI is InChI=1S/C27H32FN3O/c1-2-27(15-12-24(32)29-18-19-8-10-20(28)11-9-19)14-5-16-31-17-13-22-21-6-3-4-7-23(21)30-25(22)26(27)31/h3-4,6-11,26,30H,2,5,12-18H2,1H3,(H,29,32)/t26-,27-/m1/s1. The first-order valence-electron chi connectivity index (χ1n) is 11.9. The molecular formula is C27H32FN3O. The Morgan fingerprint density at radius 2 is 2.00 bits per heavy atom. The van der Waals surface area contributed by atoms with Gasteiger partial charge in [0.1, 0.15) is 5.82 Å². The van der Waals surface area contributed by atoms with Gasteiger partial charge in [-0.3, -0.25) is 9.69 Å². The topological polar surface area (TPSA) is 48.1 Å². The summed E-state index contributed by atoms with van der Waals surface area (Å²) in [7, 11) is 0. The summed E-state index contributed by atoms with van der Waals surface area (Å²) in [5.74, 6) is -0.178. The van der Waals surface area contributed by atoms with Gasteiger partial charge in [0.25, 0.3) is 0 Å². The highest BCUT2D eigenvalue weighted by Gasteiger charge is 2.47. The van der Waals surface area contributed by atoms with Gasteiger partial charge in [0.15, 0.2) is 0 Å². The van der Waals surface area contributed by atoms with Gasteiger partial charge in [0, 0.05) is 36.1 Å². The zero-order chi connectivity index (χ0) is 22.1. The molecule has 2 aliphatic heterocycles. The molecule has 5 heteroatoms. The number of H-pyrrole nitrogens is 1. The number of aromatic amines is 1. The second-order valence-electron chi connectivity index (χ2n) is 9.47. The molecule has 2 atom stereocenters. The fraction of sp³-hybridized carbons (Fsp3) is 0.444. The molecule has 0 radical (unpaired) electrons. The van der Waals surface area contributed by atoms with Crippen LogP contribution in [0.4, 0.5) is 4.39 Å². The predicted octanol–water partition coefficient (Wildman–Crippen LogP) is 5.49. The van der Waals surface area contributed by atoms with Crippen molar-refractivity contribution in [3.63, 3.8) is 0 Å². The van der Waals surface area contributed by atoms with Crippen molar-refractivity contribution in [1.29, 1.82) is 0 Å². The number of fused-ring (bicyclic) bond motifs is 5. The second kappa shape index (κ2) is 8.70. The number of benzene rings is 2. The average molecular weight is 434 g/mol. The van der Waals surface area contributed by atoms with Gasteiger partial charge in [0.2, 0.25) is 5.91 Å². The third kappa shape index (κ3) is 3.83. The maximum atomic E-state index is 13.1. The molecule has 3 heterocycles. The average Bonchev–Trinajstić information content (AvgIpc) is 3.21. The third-order valence-corrected chi connectivity index (χ3v) is 7.79. The number of halogens is 1. The van der Waals surface area contributed by atoms with Crippen LogP contribution in [0.2, 0.25) is 0 Å². The monoisotopic (exact) mass is 433 g/mol. The Balaban J connectivity index is 1.34. The number of para-hydroxylation sites is 1. The molecule has 2 aliphatic rings. The fourth-order valence-corrected chi connectivity index (χ4v) is 6.06. The van der Waals surface area contributed by atoms with E-state index in [4.69, 9.17) is 0 Å². The highest BCUT2D eigenvalue weighted by Crippen LogP contribution is 2.53. The van der Waals surface area contributed by atoms with E-state index >= 15 is 0 Å². The van der Waals surface area contributed by atoms with Crippen LogP contribution >= 0.6 is 0 Å². The van der Waals surface area contributed by atoms with Gasteiger partial charge in [-0.1, -0.05) is 37.3 Å². The van der Waals surface area contributed by atoms with E-state index < -0.39 is 0 Å². The summed E-state index contributed by atoms with van der Waals surface area (Å²) in [5.41, 5.74) is 5.10. The summed E-state index contributed by atoms with van der Waals surface area (Å²) < 4.78 is 13.1. The molecule has 4 nitrogen and oxygen atoms in total. The minimum Gasteiger partial charge on any atom is -0.357 e. The lowest BCUT2D eigenvalue weighted by atomic mass is 9.65. The van der Waals surface area contributed by atoms with Crippen molar-refractivity contribution in [3.8, 4) is 0 Å². The lowest BCUT2D eigenvalue weighted by molar-refractivity contribution is -0.122. The smallest absolute Gasteiger partial charge is 0.220 e. The number of hydrogen-bond acceptors (Lipinski definition) is 2. The van der Waals surface area contributed by atoms with Gasteiger partial charge in [-0.2, -0.15) is 0 Å². The number of hydrogen-bond donors (Lipinski definition) is 2. The molecule has 3 aromatic rings. The molecule has 0 spiro atoms. The summed E-state index contributed by atoms with van der Waals surface area (Å²) in [5, 5.41) is 4.39. The van der Waals surface area contributed by atoms with Gasteiger partial charge in [-0.05, 0) is 73.4 Å². The van der Waals surface area contributed by atoms with Crippen molar-refractivity contribution in [1.82, 2.24) is 15.2 Å². The van der Waals surface area contributed by atoms with Crippen LogP contribution in [0.15, 0.2) is 48.5 Å². The van der Waals surface area contributed by atoms with E-state index in [-0.39, 0.29) is 17.1 Å². The SMILES string of the molecule is CC[C@]1(CCC(=O)NCc2ccc(F)cc2)CCCN2CCc3c([nH]c4ccccc34)[C@@H]21. The van der Waals surface area contributed by atoms with Crippen LogP contribution in [0.25, 0.3) is 10.9 Å². The Labute approximate surface area is 189 Å². The number of amides is 1. The minimum atomic E-state index is -0.254. The van der Waals surface area contributed by atoms with E-state index in [9.17, 15) is 9.18 Å². The van der Waals surface area contributed by atoms with E-state index in [2.05, 4.69) is 46.4 Å². The van der Waals surface area contributed by atoms with Crippen LogP contribution in [-0.4, -0.2) is 28.9 Å². The molecular weight excluding hydrogens is 401 g/mol. The lowest BCUT2D eigenvalue weighted by Crippen LogP contribution is -2.49. The Hall–Kier alpha value is -2.66. The predicted molar refractivity (Wildman–Crippen MR) is 126 cm³/mol. The molecule has 1 aromatic heterocycles. The van der Waals surface area contributed by atoms with Crippen molar-refractivity contribution in [2.45, 2.75) is 58.0 Å². The first-order valence-corrected chi connectivity index (χ1v) is 11.9. The van der Waals surface area contributed by atoms with E-state index in [1.54, 1.807) is 12.1 Å². The molecule has 0 aliphatic carbocycles. The number of piperidine rings is 1. The summed E-state index contributed by atoms with van der Waals surface area (Å²) in [6.45, 7) is 4.97. The number of carbonyl (C=O) groups is 1. The fourth-order valence-electron chi connectivity index (χ4n) is 6.06. The molecule has 0 unspecified atom stereocenters. The molecule has 168 valence electrons. The van der Waals surface area contributed by atoms with Crippen molar-refractivity contribution < 1.29 is 9.18 Å². The van der Waals surface area contributed by atoms with Gasteiger partial charge in [-0.15, -0.1) is 0 Å². The van der Waals surface area contributed by atoms with E-state index in [1.807, 2.05) is 0 Å². The van der Waals surface area contributed by atoms with Crippen molar-refractivity contribution >= 4 is 16.8 Å². The number of rotatable bonds is 6. The van der Waals surface area contributed by atoms with Crippen LogP contribution in [0, 0.1) is 11.2 Å². The summed E-state index contributed by atoms with van der Waals surface area (Å²) in [6, 6.07) is 15.3. The van der Waals surface area contributed by atoms with E-state index in [0.29, 0.717) is 19.0 Å². The molecule has 5 rings (SSSR count). The lowest BCUT2D eigenvalue weighted by Gasteiger charge is -2.52.